The third-order valence-electron chi connectivity index (χ3n) is 7.92. The fourth-order valence-corrected chi connectivity index (χ4v) is 6.15. The molecule has 0 saturated carbocycles. The number of nitrogens with one attached hydrogen (secondary N) is 1. The number of hydrogen-bond acceptors (Lipinski definition) is 6. The van der Waals surface area contributed by atoms with Crippen molar-refractivity contribution in [2.75, 3.05) is 25.1 Å². The van der Waals surface area contributed by atoms with Gasteiger partial charge in [-0.25, -0.2) is 9.67 Å². The lowest BCUT2D eigenvalue weighted by Gasteiger charge is -2.38. The minimum atomic E-state index is -1.82. The summed E-state index contributed by atoms with van der Waals surface area (Å²) in [6, 6.07) is 15.7. The maximum atomic E-state index is 13.3. The predicted molar refractivity (Wildman–Crippen MR) is 155 cm³/mol. The number of para-hydroxylation sites is 1. The Balaban J connectivity index is 1.44. The van der Waals surface area contributed by atoms with Gasteiger partial charge in [0.15, 0.2) is 13.8 Å². The molecule has 1 aliphatic rings. The minimum Gasteiger partial charge on any atom is -0.496 e. The van der Waals surface area contributed by atoms with Crippen LogP contribution in [0, 0.1) is 6.92 Å². The molecule has 5 rings (SSSR count). The zero-order valence-electron chi connectivity index (χ0n) is 23.3. The Bertz CT molecular complexity index is 1520. The minimum absolute atomic E-state index is 0.187. The van der Waals surface area contributed by atoms with Crippen LogP contribution in [0.1, 0.15) is 32.9 Å². The molecule has 200 valence electrons. The first-order valence-electron chi connectivity index (χ1n) is 13.1. The second kappa shape index (κ2) is 9.70. The third kappa shape index (κ3) is 4.76. The van der Waals surface area contributed by atoms with Crippen molar-refractivity contribution in [2.45, 2.75) is 58.4 Å². The van der Waals surface area contributed by atoms with Crippen molar-refractivity contribution >= 4 is 25.0 Å². The first-order valence-corrected chi connectivity index (χ1v) is 16.1. The standard InChI is InChI=1S/C29H37N5O3Si/c1-19-25-26(34(32-19)20-11-9-8-10-12-20)28(35)31-27(30-25)23-14-13-21(17-24(23)36-5)33-16-15-22(18-33)37-38(6,7)29(2,3)4/h8-14,17,22H,15-16,18H2,1-7H3,(H,30,31,35)/t22-/m1/s1. The Morgan fingerprint density at radius 1 is 1.08 bits per heavy atom. The van der Waals surface area contributed by atoms with Gasteiger partial charge in [0.2, 0.25) is 0 Å². The lowest BCUT2D eigenvalue weighted by molar-refractivity contribution is 0.202. The van der Waals surface area contributed by atoms with Crippen LogP contribution in [-0.4, -0.2) is 54.4 Å². The average molecular weight is 532 g/mol. The van der Waals surface area contributed by atoms with E-state index in [1.807, 2.05) is 49.4 Å². The summed E-state index contributed by atoms with van der Waals surface area (Å²) in [7, 11) is -0.180. The summed E-state index contributed by atoms with van der Waals surface area (Å²) >= 11 is 0. The fraction of sp³-hybridized carbons (Fsp3) is 0.414. The molecule has 0 amide bonds. The van der Waals surface area contributed by atoms with Gasteiger partial charge in [0.1, 0.15) is 17.1 Å². The first-order chi connectivity index (χ1) is 18.0. The number of aromatic nitrogens is 4. The van der Waals surface area contributed by atoms with Crippen molar-refractivity contribution in [3.05, 3.63) is 64.6 Å². The molecule has 1 aliphatic heterocycles. The molecule has 0 aliphatic carbocycles. The van der Waals surface area contributed by atoms with E-state index in [1.54, 1.807) is 11.8 Å². The predicted octanol–water partition coefficient (Wildman–Crippen LogP) is 5.69. The van der Waals surface area contributed by atoms with Crippen molar-refractivity contribution in [1.29, 1.82) is 0 Å². The average Bonchev–Trinajstić information content (AvgIpc) is 3.48. The number of methoxy groups -OCH3 is 1. The second-order valence-corrected chi connectivity index (χ2v) is 16.3. The molecule has 8 nitrogen and oxygen atoms in total. The van der Waals surface area contributed by atoms with Crippen LogP contribution in [0.2, 0.25) is 18.1 Å². The Kier molecular flexibility index (Phi) is 6.69. The lowest BCUT2D eigenvalue weighted by atomic mass is 10.1. The Morgan fingerprint density at radius 2 is 1.82 bits per heavy atom. The van der Waals surface area contributed by atoms with E-state index in [1.165, 1.54) is 0 Å². The van der Waals surface area contributed by atoms with E-state index in [0.717, 1.165) is 36.4 Å². The van der Waals surface area contributed by atoms with Gasteiger partial charge < -0.3 is 19.0 Å². The molecular weight excluding hydrogens is 494 g/mol. The summed E-state index contributed by atoms with van der Waals surface area (Å²) < 4.78 is 14.1. The van der Waals surface area contributed by atoms with Gasteiger partial charge in [-0.1, -0.05) is 39.0 Å². The Morgan fingerprint density at radius 3 is 2.50 bits per heavy atom. The molecule has 1 saturated heterocycles. The zero-order chi connectivity index (χ0) is 27.2. The van der Waals surface area contributed by atoms with Gasteiger partial charge in [-0.3, -0.25) is 4.79 Å². The normalized spacial score (nSPS) is 16.4. The molecule has 0 unspecified atom stereocenters. The van der Waals surface area contributed by atoms with E-state index in [2.05, 4.69) is 54.9 Å². The fourth-order valence-electron chi connectivity index (χ4n) is 4.77. The number of rotatable bonds is 6. The van der Waals surface area contributed by atoms with Gasteiger partial charge in [0.05, 0.1) is 30.2 Å². The van der Waals surface area contributed by atoms with E-state index < -0.39 is 8.32 Å². The van der Waals surface area contributed by atoms with Crippen LogP contribution < -0.4 is 15.2 Å². The molecule has 0 spiro atoms. The SMILES string of the molecule is COc1cc(N2CC[C@@H](O[Si](C)(C)C(C)(C)C)C2)ccc1-c1nc2c(C)nn(-c3ccccc3)c2c(=O)[nH]1. The highest BCUT2D eigenvalue weighted by atomic mass is 28.4. The Labute approximate surface area is 224 Å². The molecule has 1 fully saturated rings. The van der Waals surface area contributed by atoms with Gasteiger partial charge in [-0.2, -0.15) is 5.10 Å². The summed E-state index contributed by atoms with van der Waals surface area (Å²) in [6.07, 6.45) is 1.23. The molecule has 9 heteroatoms. The van der Waals surface area contributed by atoms with Crippen molar-refractivity contribution in [2.24, 2.45) is 0 Å². The second-order valence-electron chi connectivity index (χ2n) is 11.6. The molecular formula is C29H37N5O3Si. The summed E-state index contributed by atoms with van der Waals surface area (Å²) in [5.74, 6) is 1.12. The zero-order valence-corrected chi connectivity index (χ0v) is 24.3. The monoisotopic (exact) mass is 531 g/mol. The van der Waals surface area contributed by atoms with Crippen molar-refractivity contribution in [3.8, 4) is 22.8 Å². The van der Waals surface area contributed by atoms with Gasteiger partial charge in [0.25, 0.3) is 5.56 Å². The molecule has 1 atom stereocenters. The van der Waals surface area contributed by atoms with Crippen LogP contribution in [0.5, 0.6) is 5.75 Å². The van der Waals surface area contributed by atoms with E-state index in [0.29, 0.717) is 28.3 Å². The maximum absolute atomic E-state index is 13.3. The highest BCUT2D eigenvalue weighted by Crippen LogP contribution is 2.39. The lowest BCUT2D eigenvalue weighted by Crippen LogP contribution is -2.44. The smallest absolute Gasteiger partial charge is 0.277 e. The number of benzene rings is 2. The number of hydrogen-bond donors (Lipinski definition) is 1. The van der Waals surface area contributed by atoms with E-state index in [4.69, 9.17) is 14.1 Å². The molecule has 2 aromatic carbocycles. The van der Waals surface area contributed by atoms with Crippen molar-refractivity contribution in [1.82, 2.24) is 19.7 Å². The largest absolute Gasteiger partial charge is 0.496 e. The van der Waals surface area contributed by atoms with Crippen LogP contribution in [0.25, 0.3) is 28.1 Å². The highest BCUT2D eigenvalue weighted by Gasteiger charge is 2.40. The molecule has 1 N–H and O–H groups in total. The van der Waals surface area contributed by atoms with E-state index in [9.17, 15) is 4.79 Å². The number of fused-ring (bicyclic) bond motifs is 1. The van der Waals surface area contributed by atoms with Gasteiger partial charge in [0, 0.05) is 24.8 Å². The van der Waals surface area contributed by atoms with Crippen molar-refractivity contribution in [3.63, 3.8) is 0 Å². The molecule has 38 heavy (non-hydrogen) atoms. The maximum Gasteiger partial charge on any atom is 0.277 e. The van der Waals surface area contributed by atoms with Crippen LogP contribution in [0.3, 0.4) is 0 Å². The third-order valence-corrected chi connectivity index (χ3v) is 12.5. The van der Waals surface area contributed by atoms with E-state index in [-0.39, 0.29) is 16.7 Å². The molecule has 3 heterocycles. The van der Waals surface area contributed by atoms with Crippen LogP contribution in [0.15, 0.2) is 53.3 Å². The quantitative estimate of drug-likeness (QED) is 0.322. The van der Waals surface area contributed by atoms with Gasteiger partial charge in [-0.05, 0) is 55.7 Å². The molecule has 0 bridgehead atoms. The van der Waals surface area contributed by atoms with Crippen LogP contribution >= 0.6 is 0 Å². The number of anilines is 1. The number of aryl methyl sites for hydroxylation is 1. The van der Waals surface area contributed by atoms with Gasteiger partial charge in [-0.15, -0.1) is 0 Å². The summed E-state index contributed by atoms with van der Waals surface area (Å²) in [5.41, 5.74) is 4.07. The van der Waals surface area contributed by atoms with Gasteiger partial charge >= 0.3 is 0 Å². The van der Waals surface area contributed by atoms with E-state index >= 15 is 0 Å². The number of aromatic amines is 1. The summed E-state index contributed by atoms with van der Waals surface area (Å²) in [6.45, 7) is 15.1. The topological polar surface area (TPSA) is 85.3 Å². The molecule has 0 radical (unpaired) electrons. The number of ether oxygens (including phenoxy) is 1. The van der Waals surface area contributed by atoms with Crippen LogP contribution in [-0.2, 0) is 4.43 Å². The summed E-state index contributed by atoms with van der Waals surface area (Å²) in [4.78, 5) is 23.4. The Hall–Kier alpha value is -3.43. The first kappa shape index (κ1) is 26.2. The molecule has 2 aromatic heterocycles. The highest BCUT2D eigenvalue weighted by molar-refractivity contribution is 6.74. The summed E-state index contributed by atoms with van der Waals surface area (Å²) in [5, 5.41) is 4.79. The number of H-pyrrole nitrogens is 1. The van der Waals surface area contributed by atoms with Crippen LogP contribution in [0.4, 0.5) is 5.69 Å². The van der Waals surface area contributed by atoms with Crippen molar-refractivity contribution < 1.29 is 9.16 Å². The molecule has 4 aromatic rings. The number of nitrogens with zero attached hydrogens (tertiary/aromatic N) is 4.